The highest BCUT2D eigenvalue weighted by atomic mass is 28.3. The molecule has 2 aromatic rings. The van der Waals surface area contributed by atoms with Gasteiger partial charge in [-0.15, -0.1) is 0 Å². The van der Waals surface area contributed by atoms with Crippen LogP contribution in [-0.2, 0) is 16.0 Å². The molecule has 0 radical (unpaired) electrons. The summed E-state index contributed by atoms with van der Waals surface area (Å²) in [6, 6.07) is 7.47. The largest absolute Gasteiger partial charge is 0.480 e. The van der Waals surface area contributed by atoms with Gasteiger partial charge in [-0.3, -0.25) is 0 Å². The van der Waals surface area contributed by atoms with Gasteiger partial charge in [-0.05, 0) is 17.7 Å². The Balaban J connectivity index is 1.97. The highest BCUT2D eigenvalue weighted by molar-refractivity contribution is 6.76. The summed E-state index contributed by atoms with van der Waals surface area (Å²) in [5, 5.41) is 12.8. The van der Waals surface area contributed by atoms with E-state index in [2.05, 4.69) is 29.9 Å². The number of nitrogens with one attached hydrogen (secondary N) is 2. The van der Waals surface area contributed by atoms with Gasteiger partial charge in [0.05, 0.1) is 6.61 Å². The van der Waals surface area contributed by atoms with Gasteiger partial charge in [0.1, 0.15) is 6.04 Å². The fraction of sp³-hybridized carbons (Fsp3) is 0.412. The number of para-hydroxylation sites is 1. The van der Waals surface area contributed by atoms with Gasteiger partial charge in [-0.2, -0.15) is 0 Å². The van der Waals surface area contributed by atoms with Crippen molar-refractivity contribution < 1.29 is 19.4 Å². The van der Waals surface area contributed by atoms with E-state index in [9.17, 15) is 14.7 Å². The highest BCUT2D eigenvalue weighted by Crippen LogP contribution is 2.19. The minimum atomic E-state index is -1.29. The predicted molar refractivity (Wildman–Crippen MR) is 96.1 cm³/mol. The molecule has 6 nitrogen and oxygen atoms in total. The molecule has 0 aliphatic rings. The number of ether oxygens (including phenoxy) is 1. The molecule has 1 heterocycles. The van der Waals surface area contributed by atoms with Crippen LogP contribution in [0.1, 0.15) is 5.56 Å². The number of hydrogen-bond donors (Lipinski definition) is 3. The Morgan fingerprint density at radius 1 is 1.29 bits per heavy atom. The molecule has 1 aromatic carbocycles. The van der Waals surface area contributed by atoms with Crippen LogP contribution in [0.3, 0.4) is 0 Å². The van der Waals surface area contributed by atoms with Crippen LogP contribution in [0, 0.1) is 0 Å². The van der Waals surface area contributed by atoms with E-state index < -0.39 is 26.2 Å². The zero-order valence-electron chi connectivity index (χ0n) is 14.3. The van der Waals surface area contributed by atoms with E-state index >= 15 is 0 Å². The molecule has 0 aliphatic heterocycles. The Labute approximate surface area is 142 Å². The van der Waals surface area contributed by atoms with Gasteiger partial charge in [-0.25, -0.2) is 9.59 Å². The van der Waals surface area contributed by atoms with Gasteiger partial charge in [0.15, 0.2) is 0 Å². The van der Waals surface area contributed by atoms with Crippen molar-refractivity contribution >= 4 is 31.0 Å². The van der Waals surface area contributed by atoms with E-state index in [0.29, 0.717) is 6.61 Å². The number of aliphatic carboxylic acids is 1. The number of aromatic nitrogens is 1. The van der Waals surface area contributed by atoms with Crippen molar-refractivity contribution in [1.82, 2.24) is 10.3 Å². The molecule has 1 atom stereocenters. The molecule has 1 aromatic heterocycles. The van der Waals surface area contributed by atoms with Crippen molar-refractivity contribution in [2.24, 2.45) is 0 Å². The zero-order valence-corrected chi connectivity index (χ0v) is 15.3. The summed E-state index contributed by atoms with van der Waals surface area (Å²) in [5.41, 5.74) is 1.79. The van der Waals surface area contributed by atoms with Crippen molar-refractivity contribution in [3.8, 4) is 0 Å². The summed E-state index contributed by atoms with van der Waals surface area (Å²) in [6.45, 7) is 6.88. The molecule has 24 heavy (non-hydrogen) atoms. The van der Waals surface area contributed by atoms with Crippen LogP contribution in [0.2, 0.25) is 25.7 Å². The van der Waals surface area contributed by atoms with E-state index in [1.165, 1.54) is 0 Å². The van der Waals surface area contributed by atoms with Crippen LogP contribution in [0.4, 0.5) is 4.79 Å². The standard InChI is InChI=1S/C17H24N2O4Si/c1-24(2,3)9-8-23-17(22)19-15(16(20)21)10-12-11-18-14-7-5-4-6-13(12)14/h4-7,11,15,18H,8-10H2,1-3H3,(H,19,22)(H,20,21). The minimum Gasteiger partial charge on any atom is -0.480 e. The average molecular weight is 348 g/mol. The monoisotopic (exact) mass is 348 g/mol. The van der Waals surface area contributed by atoms with E-state index in [1.807, 2.05) is 24.3 Å². The summed E-state index contributed by atoms with van der Waals surface area (Å²) >= 11 is 0. The Morgan fingerprint density at radius 2 is 2.00 bits per heavy atom. The van der Waals surface area contributed by atoms with Crippen LogP contribution in [0.25, 0.3) is 10.9 Å². The molecule has 0 saturated heterocycles. The number of carbonyl (C=O) groups is 2. The number of amides is 1. The maximum Gasteiger partial charge on any atom is 0.407 e. The van der Waals surface area contributed by atoms with E-state index in [4.69, 9.17) is 4.74 Å². The molecule has 0 aliphatic carbocycles. The fourth-order valence-corrected chi connectivity index (χ4v) is 3.07. The first-order chi connectivity index (χ1) is 11.3. The summed E-state index contributed by atoms with van der Waals surface area (Å²) in [6.07, 6.45) is 1.29. The first kappa shape index (κ1) is 18.1. The number of carboxylic acids is 1. The second kappa shape index (κ2) is 7.52. The van der Waals surface area contributed by atoms with Gasteiger partial charge in [0, 0.05) is 31.6 Å². The lowest BCUT2D eigenvalue weighted by atomic mass is 10.1. The fourth-order valence-electron chi connectivity index (χ4n) is 2.35. The van der Waals surface area contributed by atoms with Crippen LogP contribution in [-0.4, -0.2) is 42.9 Å². The maximum atomic E-state index is 11.8. The molecule has 1 unspecified atom stereocenters. The van der Waals surface area contributed by atoms with Crippen molar-refractivity contribution in [1.29, 1.82) is 0 Å². The molecule has 130 valence electrons. The average Bonchev–Trinajstić information content (AvgIpc) is 2.88. The molecule has 0 saturated carbocycles. The first-order valence-corrected chi connectivity index (χ1v) is 11.7. The Bertz CT molecular complexity index is 721. The van der Waals surface area contributed by atoms with Crippen molar-refractivity contribution in [3.63, 3.8) is 0 Å². The van der Waals surface area contributed by atoms with E-state index in [0.717, 1.165) is 22.5 Å². The third-order valence-electron chi connectivity index (χ3n) is 3.77. The van der Waals surface area contributed by atoms with Gasteiger partial charge in [0.25, 0.3) is 0 Å². The third-order valence-corrected chi connectivity index (χ3v) is 5.48. The van der Waals surface area contributed by atoms with Gasteiger partial charge < -0.3 is 20.1 Å². The predicted octanol–water partition coefficient (Wildman–Crippen LogP) is 3.23. The molecule has 2 rings (SSSR count). The maximum absolute atomic E-state index is 11.8. The number of alkyl carbamates (subject to hydrolysis) is 1. The number of carboxylic acid groups (broad SMARTS) is 1. The second-order valence-corrected chi connectivity index (χ2v) is 12.7. The van der Waals surface area contributed by atoms with Crippen molar-refractivity contribution in [2.75, 3.05) is 6.61 Å². The Hall–Kier alpha value is -2.28. The lowest BCUT2D eigenvalue weighted by Crippen LogP contribution is -2.42. The molecule has 1 amide bonds. The first-order valence-electron chi connectivity index (χ1n) is 7.97. The van der Waals surface area contributed by atoms with Crippen LogP contribution >= 0.6 is 0 Å². The quantitative estimate of drug-likeness (QED) is 0.670. The molecule has 3 N–H and O–H groups in total. The van der Waals surface area contributed by atoms with Crippen molar-refractivity contribution in [2.45, 2.75) is 38.1 Å². The van der Waals surface area contributed by atoms with Crippen LogP contribution in [0.15, 0.2) is 30.5 Å². The number of hydrogen-bond acceptors (Lipinski definition) is 3. The number of aromatic amines is 1. The van der Waals surface area contributed by atoms with Gasteiger partial charge in [0.2, 0.25) is 0 Å². The molecule has 0 spiro atoms. The molecule has 0 bridgehead atoms. The number of carbonyl (C=O) groups excluding carboxylic acids is 1. The van der Waals surface area contributed by atoms with Crippen LogP contribution < -0.4 is 5.32 Å². The second-order valence-electron chi connectivity index (χ2n) is 7.05. The normalized spacial score (nSPS) is 12.8. The van der Waals surface area contributed by atoms with E-state index in [-0.39, 0.29) is 6.42 Å². The smallest absolute Gasteiger partial charge is 0.407 e. The van der Waals surface area contributed by atoms with Crippen LogP contribution in [0.5, 0.6) is 0 Å². The Kier molecular flexibility index (Phi) is 5.66. The molecule has 0 fully saturated rings. The highest BCUT2D eigenvalue weighted by Gasteiger charge is 2.23. The molecule has 7 heteroatoms. The summed E-state index contributed by atoms with van der Waals surface area (Å²) < 4.78 is 5.12. The minimum absolute atomic E-state index is 0.197. The van der Waals surface area contributed by atoms with E-state index in [1.54, 1.807) is 6.20 Å². The summed E-state index contributed by atoms with van der Waals surface area (Å²) in [4.78, 5) is 26.4. The lowest BCUT2D eigenvalue weighted by molar-refractivity contribution is -0.139. The summed E-state index contributed by atoms with van der Waals surface area (Å²) in [7, 11) is -1.29. The van der Waals surface area contributed by atoms with Gasteiger partial charge >= 0.3 is 12.1 Å². The Morgan fingerprint density at radius 3 is 2.67 bits per heavy atom. The van der Waals surface area contributed by atoms with Gasteiger partial charge in [-0.1, -0.05) is 37.8 Å². The number of rotatable bonds is 7. The number of H-pyrrole nitrogens is 1. The summed E-state index contributed by atoms with van der Waals surface area (Å²) in [5.74, 6) is -1.08. The SMILES string of the molecule is C[Si](C)(C)CCOC(=O)NC(Cc1c[nH]c2ccccc12)C(=O)O. The molecular weight excluding hydrogens is 324 g/mol. The lowest BCUT2D eigenvalue weighted by Gasteiger charge is -2.17. The molecular formula is C17H24N2O4Si. The number of fused-ring (bicyclic) bond motifs is 1. The third kappa shape index (κ3) is 5.12. The number of benzene rings is 1. The zero-order chi connectivity index (χ0) is 17.7. The topological polar surface area (TPSA) is 91.4 Å². The van der Waals surface area contributed by atoms with Crippen molar-refractivity contribution in [3.05, 3.63) is 36.0 Å².